The van der Waals surface area contributed by atoms with Crippen LogP contribution in [-0.2, 0) is 0 Å². The second kappa shape index (κ2) is 6.57. The highest BCUT2D eigenvalue weighted by atomic mass is 15.0. The molecule has 18 heavy (non-hydrogen) atoms. The molecule has 0 aliphatic rings. The van der Waals surface area contributed by atoms with Gasteiger partial charge in [0.15, 0.2) is 0 Å². The zero-order valence-corrected chi connectivity index (χ0v) is 12.1. The number of aryl methyl sites for hydroxylation is 1. The molecular weight excluding hydrogens is 224 g/mol. The highest BCUT2D eigenvalue weighted by molar-refractivity contribution is 5.44. The summed E-state index contributed by atoms with van der Waals surface area (Å²) in [4.78, 5) is 8.40. The molecule has 0 aromatic carbocycles. The van der Waals surface area contributed by atoms with E-state index in [0.29, 0.717) is 11.6 Å². The third kappa shape index (κ3) is 5.34. The van der Waals surface area contributed by atoms with Gasteiger partial charge in [-0.1, -0.05) is 40.0 Å². The maximum atomic E-state index is 5.71. The second-order valence-electron chi connectivity index (χ2n) is 5.70. The molecule has 0 atom stereocenters. The number of nitrogens with one attached hydrogen (secondary N) is 1. The van der Waals surface area contributed by atoms with Crippen molar-refractivity contribution in [2.45, 2.75) is 53.4 Å². The lowest BCUT2D eigenvalue weighted by Gasteiger charge is -2.25. The SMILES string of the molecule is CCCCCC(C)(C)CNc1cc(N)nc(C)n1. The Morgan fingerprint density at radius 3 is 2.61 bits per heavy atom. The van der Waals surface area contributed by atoms with E-state index in [1.165, 1.54) is 25.7 Å². The summed E-state index contributed by atoms with van der Waals surface area (Å²) in [5.41, 5.74) is 5.99. The zero-order valence-electron chi connectivity index (χ0n) is 12.1. The van der Waals surface area contributed by atoms with Gasteiger partial charge in [0.1, 0.15) is 17.5 Å². The fourth-order valence-electron chi connectivity index (χ4n) is 1.95. The summed E-state index contributed by atoms with van der Waals surface area (Å²) < 4.78 is 0. The lowest BCUT2D eigenvalue weighted by Crippen LogP contribution is -2.23. The van der Waals surface area contributed by atoms with E-state index < -0.39 is 0 Å². The topological polar surface area (TPSA) is 63.8 Å². The first-order valence-corrected chi connectivity index (χ1v) is 6.78. The summed E-state index contributed by atoms with van der Waals surface area (Å²) in [6.45, 7) is 9.57. The minimum atomic E-state index is 0.281. The molecule has 4 nitrogen and oxygen atoms in total. The van der Waals surface area contributed by atoms with Crippen LogP contribution in [0.4, 0.5) is 11.6 Å². The van der Waals surface area contributed by atoms with Gasteiger partial charge >= 0.3 is 0 Å². The van der Waals surface area contributed by atoms with Gasteiger partial charge in [0.2, 0.25) is 0 Å². The number of hydrogen-bond acceptors (Lipinski definition) is 4. The van der Waals surface area contributed by atoms with E-state index in [2.05, 4.69) is 36.1 Å². The van der Waals surface area contributed by atoms with Crippen LogP contribution in [0.3, 0.4) is 0 Å². The third-order valence-corrected chi connectivity index (χ3v) is 3.06. The Kier molecular flexibility index (Phi) is 5.38. The highest BCUT2D eigenvalue weighted by Gasteiger charge is 2.17. The van der Waals surface area contributed by atoms with Crippen molar-refractivity contribution in [3.63, 3.8) is 0 Å². The van der Waals surface area contributed by atoms with Crippen LogP contribution in [0.25, 0.3) is 0 Å². The molecule has 0 bridgehead atoms. The second-order valence-corrected chi connectivity index (χ2v) is 5.70. The normalized spacial score (nSPS) is 11.6. The van der Waals surface area contributed by atoms with E-state index in [1.54, 1.807) is 6.07 Å². The van der Waals surface area contributed by atoms with Crippen molar-refractivity contribution in [1.29, 1.82) is 0 Å². The van der Waals surface area contributed by atoms with Gasteiger partial charge in [0.05, 0.1) is 0 Å². The van der Waals surface area contributed by atoms with Gasteiger partial charge in [-0.15, -0.1) is 0 Å². The molecule has 0 amide bonds. The first-order valence-electron chi connectivity index (χ1n) is 6.78. The third-order valence-electron chi connectivity index (χ3n) is 3.06. The molecule has 4 heteroatoms. The smallest absolute Gasteiger partial charge is 0.131 e. The lowest BCUT2D eigenvalue weighted by atomic mass is 9.87. The number of nitrogens with two attached hydrogens (primary N) is 1. The van der Waals surface area contributed by atoms with Crippen molar-refractivity contribution in [1.82, 2.24) is 9.97 Å². The molecule has 0 saturated carbocycles. The van der Waals surface area contributed by atoms with E-state index >= 15 is 0 Å². The molecule has 1 aromatic rings. The Morgan fingerprint density at radius 2 is 2.00 bits per heavy atom. The van der Waals surface area contributed by atoms with E-state index in [9.17, 15) is 0 Å². The Balaban J connectivity index is 2.47. The molecule has 0 fully saturated rings. The fraction of sp³-hybridized carbons (Fsp3) is 0.714. The van der Waals surface area contributed by atoms with Crippen molar-refractivity contribution in [2.24, 2.45) is 5.41 Å². The number of rotatable bonds is 7. The Morgan fingerprint density at radius 1 is 1.28 bits per heavy atom. The monoisotopic (exact) mass is 250 g/mol. The van der Waals surface area contributed by atoms with Crippen LogP contribution in [-0.4, -0.2) is 16.5 Å². The lowest BCUT2D eigenvalue weighted by molar-refractivity contribution is 0.342. The minimum absolute atomic E-state index is 0.281. The first kappa shape index (κ1) is 14.7. The van der Waals surface area contributed by atoms with E-state index in [1.807, 2.05) is 6.92 Å². The average Bonchev–Trinajstić information content (AvgIpc) is 2.25. The molecule has 3 N–H and O–H groups in total. The van der Waals surface area contributed by atoms with Crippen LogP contribution in [0.1, 0.15) is 52.3 Å². The van der Waals surface area contributed by atoms with E-state index in [4.69, 9.17) is 5.73 Å². The predicted molar refractivity (Wildman–Crippen MR) is 77.6 cm³/mol. The summed E-state index contributed by atoms with van der Waals surface area (Å²) in [7, 11) is 0. The maximum absolute atomic E-state index is 5.71. The van der Waals surface area contributed by atoms with Crippen LogP contribution < -0.4 is 11.1 Å². The molecule has 0 unspecified atom stereocenters. The van der Waals surface area contributed by atoms with Crippen molar-refractivity contribution in [3.05, 3.63) is 11.9 Å². The molecule has 0 radical (unpaired) electrons. The summed E-state index contributed by atoms with van der Waals surface area (Å²) in [6, 6.07) is 1.79. The van der Waals surface area contributed by atoms with Crippen molar-refractivity contribution in [3.8, 4) is 0 Å². The summed E-state index contributed by atoms with van der Waals surface area (Å²) in [6.07, 6.45) is 5.09. The molecule has 0 spiro atoms. The Bertz CT molecular complexity index is 354. The first-order chi connectivity index (χ1) is 8.43. The number of anilines is 2. The molecule has 1 heterocycles. The summed E-state index contributed by atoms with van der Waals surface area (Å²) >= 11 is 0. The van der Waals surface area contributed by atoms with Gasteiger partial charge in [0, 0.05) is 12.6 Å². The minimum Gasteiger partial charge on any atom is -0.384 e. The summed E-state index contributed by atoms with van der Waals surface area (Å²) in [5.74, 6) is 2.05. The van der Waals surface area contributed by atoms with Crippen LogP contribution in [0.15, 0.2) is 6.07 Å². The number of aromatic nitrogens is 2. The number of unbranched alkanes of at least 4 members (excludes halogenated alkanes) is 2. The van der Waals surface area contributed by atoms with Gasteiger partial charge in [-0.05, 0) is 18.8 Å². The predicted octanol–water partition coefficient (Wildman–Crippen LogP) is 3.39. The molecular formula is C14H26N4. The van der Waals surface area contributed by atoms with E-state index in [-0.39, 0.29) is 5.41 Å². The van der Waals surface area contributed by atoms with Gasteiger partial charge in [-0.3, -0.25) is 0 Å². The number of nitrogens with zero attached hydrogens (tertiary/aromatic N) is 2. The van der Waals surface area contributed by atoms with Gasteiger partial charge in [0.25, 0.3) is 0 Å². The quantitative estimate of drug-likeness (QED) is 0.728. The fourth-order valence-corrected chi connectivity index (χ4v) is 1.95. The standard InChI is InChI=1S/C14H26N4/c1-5-6-7-8-14(3,4)10-16-13-9-12(15)17-11(2)18-13/h9H,5-8,10H2,1-4H3,(H3,15,16,17,18). The molecule has 0 aliphatic carbocycles. The van der Waals surface area contributed by atoms with Crippen molar-refractivity contribution >= 4 is 11.6 Å². The van der Waals surface area contributed by atoms with Crippen LogP contribution >= 0.6 is 0 Å². The van der Waals surface area contributed by atoms with Crippen molar-refractivity contribution < 1.29 is 0 Å². The van der Waals surface area contributed by atoms with E-state index in [0.717, 1.165) is 12.4 Å². The number of hydrogen-bond donors (Lipinski definition) is 2. The Labute approximate surface area is 110 Å². The molecule has 1 aromatic heterocycles. The molecule has 0 aliphatic heterocycles. The molecule has 1 rings (SSSR count). The molecule has 0 saturated heterocycles. The average molecular weight is 250 g/mol. The van der Waals surface area contributed by atoms with Gasteiger partial charge < -0.3 is 11.1 Å². The zero-order chi connectivity index (χ0) is 13.6. The highest BCUT2D eigenvalue weighted by Crippen LogP contribution is 2.24. The van der Waals surface area contributed by atoms with Crippen LogP contribution in [0.5, 0.6) is 0 Å². The van der Waals surface area contributed by atoms with Crippen molar-refractivity contribution in [2.75, 3.05) is 17.6 Å². The maximum Gasteiger partial charge on any atom is 0.131 e. The van der Waals surface area contributed by atoms with Gasteiger partial charge in [-0.2, -0.15) is 0 Å². The van der Waals surface area contributed by atoms with Crippen LogP contribution in [0, 0.1) is 12.3 Å². The molecule has 102 valence electrons. The van der Waals surface area contributed by atoms with Gasteiger partial charge in [-0.25, -0.2) is 9.97 Å². The Hall–Kier alpha value is -1.32. The number of nitrogen functional groups attached to an aromatic ring is 1. The summed E-state index contributed by atoms with van der Waals surface area (Å²) in [5, 5.41) is 3.36. The van der Waals surface area contributed by atoms with Crippen LogP contribution in [0.2, 0.25) is 0 Å². The largest absolute Gasteiger partial charge is 0.384 e.